The van der Waals surface area contributed by atoms with Gasteiger partial charge in [0.25, 0.3) is 0 Å². The second-order valence-electron chi connectivity index (χ2n) is 5.40. The van der Waals surface area contributed by atoms with Crippen LogP contribution in [-0.2, 0) is 0 Å². The number of nitrogens with zero attached hydrogens (tertiary/aromatic N) is 2. The summed E-state index contributed by atoms with van der Waals surface area (Å²) in [5.74, 6) is 0. The van der Waals surface area contributed by atoms with Crippen LogP contribution in [-0.4, -0.2) is 36.6 Å². The van der Waals surface area contributed by atoms with E-state index >= 15 is 0 Å². The van der Waals surface area contributed by atoms with Gasteiger partial charge in [0.2, 0.25) is 0 Å². The largest absolute Gasteiger partial charge is 0.304 e. The molecule has 1 unspecified atom stereocenters. The van der Waals surface area contributed by atoms with Crippen LogP contribution in [0.15, 0.2) is 0 Å². The fraction of sp³-hybridized carbons (Fsp3) is 0.929. The third-order valence-electron chi connectivity index (χ3n) is 3.33. The zero-order chi connectivity index (χ0) is 13.3. The Bertz CT molecular complexity index is 232. The maximum atomic E-state index is 9.19. The molecule has 0 spiro atoms. The number of nitriles is 1. The van der Waals surface area contributed by atoms with E-state index in [4.69, 9.17) is 0 Å². The molecule has 0 aliphatic rings. The fourth-order valence-corrected chi connectivity index (χ4v) is 1.68. The molecule has 1 N–H and O–H groups in total. The highest BCUT2D eigenvalue weighted by atomic mass is 15.1. The average molecular weight is 239 g/mol. The van der Waals surface area contributed by atoms with E-state index in [9.17, 15) is 5.26 Å². The van der Waals surface area contributed by atoms with E-state index in [0.717, 1.165) is 32.4 Å². The second-order valence-corrected chi connectivity index (χ2v) is 5.40. The van der Waals surface area contributed by atoms with Gasteiger partial charge in [-0.05, 0) is 66.6 Å². The molecule has 0 amide bonds. The summed E-state index contributed by atoms with van der Waals surface area (Å²) in [6.45, 7) is 10.6. The molecule has 0 saturated carbocycles. The molecule has 0 saturated heterocycles. The van der Waals surface area contributed by atoms with E-state index in [-0.39, 0.29) is 5.54 Å². The highest BCUT2D eigenvalue weighted by Gasteiger charge is 2.21. The Balaban J connectivity index is 3.81. The molecule has 1 atom stereocenters. The minimum Gasteiger partial charge on any atom is -0.304 e. The molecule has 0 heterocycles. The van der Waals surface area contributed by atoms with Crippen LogP contribution in [0.2, 0.25) is 0 Å². The van der Waals surface area contributed by atoms with Crippen LogP contribution < -0.4 is 5.32 Å². The Labute approximate surface area is 107 Å². The number of hydrogen-bond donors (Lipinski definition) is 1. The SMILES string of the molecule is CCCNC(C)(C#N)CCCCN(C)C(C)C. The maximum absolute atomic E-state index is 9.19. The Hall–Kier alpha value is -0.590. The number of rotatable bonds is 9. The van der Waals surface area contributed by atoms with Gasteiger partial charge in [-0.3, -0.25) is 5.32 Å². The summed E-state index contributed by atoms with van der Waals surface area (Å²) in [4.78, 5) is 2.35. The van der Waals surface area contributed by atoms with Crippen LogP contribution in [0.3, 0.4) is 0 Å². The van der Waals surface area contributed by atoms with Crippen molar-refractivity contribution >= 4 is 0 Å². The normalized spacial score (nSPS) is 14.9. The van der Waals surface area contributed by atoms with Crippen LogP contribution in [0, 0.1) is 11.3 Å². The molecule has 17 heavy (non-hydrogen) atoms. The first-order chi connectivity index (χ1) is 7.95. The third kappa shape index (κ3) is 7.36. The standard InChI is InChI=1S/C14H29N3/c1-6-10-16-14(4,12-15)9-7-8-11-17(5)13(2)3/h13,16H,6-11H2,1-5H3. The minimum absolute atomic E-state index is 0.341. The Morgan fingerprint density at radius 3 is 2.47 bits per heavy atom. The molecule has 0 aromatic carbocycles. The van der Waals surface area contributed by atoms with Crippen molar-refractivity contribution in [2.45, 2.75) is 65.0 Å². The van der Waals surface area contributed by atoms with Gasteiger partial charge < -0.3 is 4.90 Å². The summed E-state index contributed by atoms with van der Waals surface area (Å²) in [6, 6.07) is 3.01. The van der Waals surface area contributed by atoms with E-state index in [1.165, 1.54) is 6.42 Å². The molecule has 100 valence electrons. The van der Waals surface area contributed by atoms with Gasteiger partial charge in [-0.1, -0.05) is 6.92 Å². The van der Waals surface area contributed by atoms with Crippen LogP contribution in [0.1, 0.15) is 53.4 Å². The van der Waals surface area contributed by atoms with Crippen molar-refractivity contribution in [3.8, 4) is 6.07 Å². The quantitative estimate of drug-likeness (QED) is 0.629. The number of nitrogens with one attached hydrogen (secondary N) is 1. The third-order valence-corrected chi connectivity index (χ3v) is 3.33. The molecule has 0 rings (SSSR count). The zero-order valence-electron chi connectivity index (χ0n) is 12.2. The summed E-state index contributed by atoms with van der Waals surface area (Å²) in [5.41, 5.74) is -0.341. The number of hydrogen-bond acceptors (Lipinski definition) is 3. The number of unbranched alkanes of at least 4 members (excludes halogenated alkanes) is 1. The summed E-state index contributed by atoms with van der Waals surface area (Å²) >= 11 is 0. The van der Waals surface area contributed by atoms with Gasteiger partial charge >= 0.3 is 0 Å². The highest BCUT2D eigenvalue weighted by molar-refractivity contribution is 5.03. The Morgan fingerprint density at radius 2 is 2.00 bits per heavy atom. The first-order valence-electron chi connectivity index (χ1n) is 6.81. The fourth-order valence-electron chi connectivity index (χ4n) is 1.68. The molecule has 0 bridgehead atoms. The maximum Gasteiger partial charge on any atom is 0.103 e. The lowest BCUT2D eigenvalue weighted by Gasteiger charge is -2.24. The molecule has 0 aromatic heterocycles. The van der Waals surface area contributed by atoms with Gasteiger partial charge in [0.1, 0.15) is 5.54 Å². The van der Waals surface area contributed by atoms with Gasteiger partial charge in [-0.15, -0.1) is 0 Å². The Morgan fingerprint density at radius 1 is 1.35 bits per heavy atom. The van der Waals surface area contributed by atoms with Crippen molar-refractivity contribution in [3.63, 3.8) is 0 Å². The molecule has 0 aliphatic carbocycles. The minimum atomic E-state index is -0.341. The molecule has 3 nitrogen and oxygen atoms in total. The van der Waals surface area contributed by atoms with E-state index in [1.807, 2.05) is 6.92 Å². The van der Waals surface area contributed by atoms with Crippen LogP contribution in [0.4, 0.5) is 0 Å². The van der Waals surface area contributed by atoms with E-state index in [0.29, 0.717) is 6.04 Å². The van der Waals surface area contributed by atoms with Crippen molar-refractivity contribution < 1.29 is 0 Å². The average Bonchev–Trinajstić information content (AvgIpc) is 2.31. The summed E-state index contributed by atoms with van der Waals surface area (Å²) in [6.07, 6.45) is 4.29. The topological polar surface area (TPSA) is 39.1 Å². The predicted molar refractivity (Wildman–Crippen MR) is 73.9 cm³/mol. The predicted octanol–water partition coefficient (Wildman–Crippen LogP) is 2.78. The summed E-state index contributed by atoms with van der Waals surface area (Å²) < 4.78 is 0. The first kappa shape index (κ1) is 16.4. The summed E-state index contributed by atoms with van der Waals surface area (Å²) in [5, 5.41) is 12.5. The molecular weight excluding hydrogens is 210 g/mol. The van der Waals surface area contributed by atoms with Gasteiger partial charge in [0.15, 0.2) is 0 Å². The van der Waals surface area contributed by atoms with Crippen molar-refractivity contribution in [3.05, 3.63) is 0 Å². The Kier molecular flexibility index (Phi) is 8.20. The van der Waals surface area contributed by atoms with Crippen molar-refractivity contribution in [2.24, 2.45) is 0 Å². The van der Waals surface area contributed by atoms with Crippen LogP contribution in [0.5, 0.6) is 0 Å². The van der Waals surface area contributed by atoms with E-state index in [1.54, 1.807) is 0 Å². The van der Waals surface area contributed by atoms with Gasteiger partial charge in [0.05, 0.1) is 6.07 Å². The second kappa shape index (κ2) is 8.49. The lowest BCUT2D eigenvalue weighted by molar-refractivity contribution is 0.263. The highest BCUT2D eigenvalue weighted by Crippen LogP contribution is 2.13. The zero-order valence-corrected chi connectivity index (χ0v) is 12.2. The monoisotopic (exact) mass is 239 g/mol. The van der Waals surface area contributed by atoms with Crippen LogP contribution >= 0.6 is 0 Å². The summed E-state index contributed by atoms with van der Waals surface area (Å²) in [7, 11) is 2.16. The molecule has 0 radical (unpaired) electrons. The lowest BCUT2D eigenvalue weighted by atomic mass is 9.96. The van der Waals surface area contributed by atoms with Crippen molar-refractivity contribution in [1.29, 1.82) is 5.26 Å². The van der Waals surface area contributed by atoms with Gasteiger partial charge in [-0.2, -0.15) is 5.26 Å². The molecule has 0 aromatic rings. The molecule has 3 heteroatoms. The lowest BCUT2D eigenvalue weighted by Crippen LogP contribution is -2.41. The smallest absolute Gasteiger partial charge is 0.103 e. The van der Waals surface area contributed by atoms with E-state index in [2.05, 4.69) is 44.1 Å². The van der Waals surface area contributed by atoms with Crippen molar-refractivity contribution in [1.82, 2.24) is 10.2 Å². The molecular formula is C14H29N3. The van der Waals surface area contributed by atoms with Gasteiger partial charge in [0, 0.05) is 6.04 Å². The van der Waals surface area contributed by atoms with Crippen molar-refractivity contribution in [2.75, 3.05) is 20.1 Å². The molecule has 0 aliphatic heterocycles. The van der Waals surface area contributed by atoms with Crippen LogP contribution in [0.25, 0.3) is 0 Å². The van der Waals surface area contributed by atoms with E-state index < -0.39 is 0 Å². The van der Waals surface area contributed by atoms with Gasteiger partial charge in [-0.25, -0.2) is 0 Å². The molecule has 0 fully saturated rings. The first-order valence-corrected chi connectivity index (χ1v) is 6.81.